The third kappa shape index (κ3) is 7.51. The van der Waals surface area contributed by atoms with Gasteiger partial charge in [-0.3, -0.25) is 0 Å². The molecule has 0 atom stereocenters. The van der Waals surface area contributed by atoms with Gasteiger partial charge in [0.05, 0.1) is 0 Å². The Morgan fingerprint density at radius 2 is 1.43 bits per heavy atom. The molecule has 0 spiro atoms. The lowest BCUT2D eigenvalue weighted by molar-refractivity contribution is -0.539. The van der Waals surface area contributed by atoms with Crippen molar-refractivity contribution in [2.75, 3.05) is 6.54 Å². The molecule has 0 unspecified atom stereocenters. The summed E-state index contributed by atoms with van der Waals surface area (Å²) in [5.74, 6) is 0. The molecule has 0 radical (unpaired) electrons. The van der Waals surface area contributed by atoms with Gasteiger partial charge in [-0.2, -0.15) is 0 Å². The highest BCUT2D eigenvalue weighted by Gasteiger charge is 2.16. The first-order chi connectivity index (χ1) is 17.9. The van der Waals surface area contributed by atoms with Gasteiger partial charge >= 0.3 is 0 Å². The zero-order valence-electron chi connectivity index (χ0n) is 24.3. The van der Waals surface area contributed by atoms with E-state index in [9.17, 15) is 0 Å². The molecule has 0 aromatic heterocycles. The molecule has 0 aliphatic rings. The maximum absolute atomic E-state index is 5.15. The second-order valence-electron chi connectivity index (χ2n) is 10.3. The van der Waals surface area contributed by atoms with Gasteiger partial charge in [0.1, 0.15) is 5.69 Å². The zero-order chi connectivity index (χ0) is 26.8. The molecule has 0 heterocycles. The first-order valence-electron chi connectivity index (χ1n) is 14.4. The monoisotopic (exact) mass is 495 g/mol. The number of hydrogen-bond donors (Lipinski definition) is 0. The molecular weight excluding hydrogens is 448 g/mol. The number of hydrogen-bond acceptors (Lipinski definition) is 1. The molecule has 0 N–H and O–H groups in total. The number of nitrogens with zero attached hydrogens (tertiary/aromatic N) is 2. The van der Waals surface area contributed by atoms with Crippen LogP contribution in [0.5, 0.6) is 0 Å². The summed E-state index contributed by atoms with van der Waals surface area (Å²) in [5.41, 5.74) is 13.2. The lowest BCUT2D eigenvalue weighted by Crippen LogP contribution is -2.08. The Labute approximate surface area is 226 Å². The standard InChI is InChI=1S/C35H47N2/c1-8-12-17-31-22-29(24-35(28(31)7)30-19-15-14-16-20-30)23-34(10-3)37(11-4)36-33-21-26(5)27(6)32(25-33)18-13-9-2/h14-16,19-25H,8-13,17-18H2,1-7H3/q+1. The highest BCUT2D eigenvalue weighted by atomic mass is 15.3. The predicted molar refractivity (Wildman–Crippen MR) is 161 cm³/mol. The second-order valence-corrected chi connectivity index (χ2v) is 10.3. The van der Waals surface area contributed by atoms with Gasteiger partial charge in [-0.1, -0.05) is 74.7 Å². The number of benzene rings is 3. The average Bonchev–Trinajstić information content (AvgIpc) is 2.92. The Balaban J connectivity index is 2.08. The molecule has 3 aromatic rings. The zero-order valence-corrected chi connectivity index (χ0v) is 24.3. The smallest absolute Gasteiger partial charge is 0.0882 e. The van der Waals surface area contributed by atoms with Gasteiger partial charge in [0, 0.05) is 12.5 Å². The van der Waals surface area contributed by atoms with Crippen molar-refractivity contribution in [3.8, 4) is 11.1 Å². The fourth-order valence-electron chi connectivity index (χ4n) is 5.05. The Hall–Kier alpha value is -3.00. The summed E-state index contributed by atoms with van der Waals surface area (Å²) in [6, 6.07) is 20.1. The van der Waals surface area contributed by atoms with Gasteiger partial charge in [-0.25, -0.2) is 0 Å². The van der Waals surface area contributed by atoms with E-state index < -0.39 is 0 Å². The topological polar surface area (TPSA) is 15.4 Å². The normalized spacial score (nSPS) is 12.3. The summed E-state index contributed by atoms with van der Waals surface area (Å²) in [7, 11) is 0. The number of allylic oxidation sites excluding steroid dienone is 1. The van der Waals surface area contributed by atoms with Crippen LogP contribution >= 0.6 is 0 Å². The summed E-state index contributed by atoms with van der Waals surface area (Å²) in [4.78, 5) is 0. The molecule has 196 valence electrons. The van der Waals surface area contributed by atoms with Crippen molar-refractivity contribution in [3.63, 3.8) is 0 Å². The summed E-state index contributed by atoms with van der Waals surface area (Å²) in [6.07, 6.45) is 10.4. The summed E-state index contributed by atoms with van der Waals surface area (Å²) >= 11 is 0. The summed E-state index contributed by atoms with van der Waals surface area (Å²) in [6.45, 7) is 16.6. The van der Waals surface area contributed by atoms with Gasteiger partial charge in [-0.05, 0) is 121 Å². The molecule has 2 heteroatoms. The van der Waals surface area contributed by atoms with Crippen LogP contribution in [0.1, 0.15) is 93.2 Å². The molecular formula is C35H47N2+. The largest absolute Gasteiger partial charge is 0.208 e. The van der Waals surface area contributed by atoms with E-state index in [4.69, 9.17) is 5.11 Å². The van der Waals surface area contributed by atoms with Crippen molar-refractivity contribution in [1.82, 2.24) is 0 Å². The first-order valence-corrected chi connectivity index (χ1v) is 14.4. The maximum atomic E-state index is 5.15. The quantitative estimate of drug-likeness (QED) is 0.175. The van der Waals surface area contributed by atoms with E-state index in [-0.39, 0.29) is 0 Å². The van der Waals surface area contributed by atoms with Gasteiger partial charge in [0.2, 0.25) is 5.70 Å². The Bertz CT molecular complexity index is 1230. The highest BCUT2D eigenvalue weighted by molar-refractivity contribution is 5.72. The van der Waals surface area contributed by atoms with Crippen LogP contribution in [-0.4, -0.2) is 11.2 Å². The molecule has 3 rings (SSSR count). The molecule has 0 saturated heterocycles. The van der Waals surface area contributed by atoms with E-state index in [0.717, 1.165) is 31.5 Å². The maximum Gasteiger partial charge on any atom is 0.208 e. The third-order valence-corrected chi connectivity index (χ3v) is 7.54. The molecule has 0 fully saturated rings. The molecule has 0 saturated carbocycles. The third-order valence-electron chi connectivity index (χ3n) is 7.54. The first kappa shape index (κ1) is 28.6. The minimum atomic E-state index is 0.844. The van der Waals surface area contributed by atoms with Gasteiger partial charge in [0.25, 0.3) is 0 Å². The van der Waals surface area contributed by atoms with Crippen molar-refractivity contribution in [2.45, 2.75) is 93.4 Å². The van der Waals surface area contributed by atoms with Crippen LogP contribution in [0.15, 0.2) is 65.4 Å². The predicted octanol–water partition coefficient (Wildman–Crippen LogP) is 10.5. The van der Waals surface area contributed by atoms with E-state index in [2.05, 4.69) is 114 Å². The van der Waals surface area contributed by atoms with E-state index >= 15 is 0 Å². The number of rotatable bonds is 12. The van der Waals surface area contributed by atoms with Gasteiger partial charge in [0.15, 0.2) is 6.54 Å². The summed E-state index contributed by atoms with van der Waals surface area (Å²) in [5, 5.41) is 5.15. The van der Waals surface area contributed by atoms with Crippen molar-refractivity contribution in [2.24, 2.45) is 5.11 Å². The van der Waals surface area contributed by atoms with Crippen LogP contribution < -0.4 is 0 Å². The van der Waals surface area contributed by atoms with Crippen LogP contribution in [0.3, 0.4) is 0 Å². The molecule has 0 aliphatic heterocycles. The molecule has 0 aliphatic carbocycles. The number of azo groups is 2. The highest BCUT2D eigenvalue weighted by Crippen LogP contribution is 2.30. The lowest BCUT2D eigenvalue weighted by atomic mass is 9.91. The SMILES string of the molecule is CCCCc1cc(N=[N+](CC)C(=Cc2cc(CCCC)c(C)c(-c3ccccc3)c2)CC)cc(C)c1C. The lowest BCUT2D eigenvalue weighted by Gasteiger charge is -2.14. The van der Waals surface area contributed by atoms with Crippen LogP contribution in [0, 0.1) is 20.8 Å². The number of aryl methyl sites for hydroxylation is 3. The minimum Gasteiger partial charge on any atom is -0.0882 e. The van der Waals surface area contributed by atoms with E-state index in [0.29, 0.717) is 0 Å². The Morgan fingerprint density at radius 1 is 0.784 bits per heavy atom. The van der Waals surface area contributed by atoms with Crippen molar-refractivity contribution in [3.05, 3.63) is 93.7 Å². The average molecular weight is 496 g/mol. The molecule has 3 aromatic carbocycles. The molecule has 0 amide bonds. The molecule has 37 heavy (non-hydrogen) atoms. The molecule has 0 bridgehead atoms. The Morgan fingerprint density at radius 3 is 2.03 bits per heavy atom. The van der Waals surface area contributed by atoms with Gasteiger partial charge < -0.3 is 0 Å². The van der Waals surface area contributed by atoms with Crippen molar-refractivity contribution < 1.29 is 4.70 Å². The van der Waals surface area contributed by atoms with Crippen LogP contribution in [0.25, 0.3) is 17.2 Å². The summed E-state index contributed by atoms with van der Waals surface area (Å²) < 4.78 is 2.20. The fraction of sp³-hybridized carbons (Fsp3) is 0.429. The van der Waals surface area contributed by atoms with Crippen molar-refractivity contribution >= 4 is 11.8 Å². The Kier molecular flexibility index (Phi) is 10.9. The van der Waals surface area contributed by atoms with Crippen LogP contribution in [0.4, 0.5) is 5.69 Å². The van der Waals surface area contributed by atoms with Crippen LogP contribution in [-0.2, 0) is 12.8 Å². The van der Waals surface area contributed by atoms with Gasteiger partial charge in [-0.15, -0.1) is 0 Å². The van der Waals surface area contributed by atoms with Crippen LogP contribution in [0.2, 0.25) is 0 Å². The second kappa shape index (κ2) is 14.1. The minimum absolute atomic E-state index is 0.844. The van der Waals surface area contributed by atoms with E-state index in [1.807, 2.05) is 0 Å². The van der Waals surface area contributed by atoms with E-state index in [1.165, 1.54) is 75.9 Å². The fourth-order valence-corrected chi connectivity index (χ4v) is 5.05. The molecule has 2 nitrogen and oxygen atoms in total. The van der Waals surface area contributed by atoms with E-state index in [1.54, 1.807) is 0 Å². The number of unbranched alkanes of at least 4 members (excludes halogenated alkanes) is 2. The van der Waals surface area contributed by atoms with Crippen molar-refractivity contribution in [1.29, 1.82) is 0 Å².